The SMILES string of the molecule is N#CC1CCc2ccn(SI)c2C1. The molecule has 0 fully saturated rings. The summed E-state index contributed by atoms with van der Waals surface area (Å²) in [7, 11) is 1.68. The van der Waals surface area contributed by atoms with E-state index in [4.69, 9.17) is 5.26 Å². The summed E-state index contributed by atoms with van der Waals surface area (Å²) in [5, 5.41) is 8.85. The highest BCUT2D eigenvalue weighted by atomic mass is 127. The van der Waals surface area contributed by atoms with E-state index in [9.17, 15) is 0 Å². The molecule has 4 heteroatoms. The van der Waals surface area contributed by atoms with Crippen molar-refractivity contribution in [2.45, 2.75) is 19.3 Å². The molecule has 68 valence electrons. The normalized spacial score (nSPS) is 20.8. The van der Waals surface area contributed by atoms with Crippen molar-refractivity contribution in [1.82, 2.24) is 3.97 Å². The van der Waals surface area contributed by atoms with E-state index in [1.807, 2.05) is 0 Å². The molecule has 1 heterocycles. The summed E-state index contributed by atoms with van der Waals surface area (Å²) < 4.78 is 2.17. The summed E-state index contributed by atoms with van der Waals surface area (Å²) in [4.78, 5) is 0. The summed E-state index contributed by atoms with van der Waals surface area (Å²) in [5.41, 5.74) is 2.77. The Hall–Kier alpha value is -0.150. The standard InChI is InChI=1S/C9H9IN2S/c10-13-12-4-3-8-2-1-7(6-11)5-9(8)12/h3-4,7H,1-2,5H2. The maximum Gasteiger partial charge on any atom is 0.0659 e. The van der Waals surface area contributed by atoms with Gasteiger partial charge in [0.15, 0.2) is 0 Å². The van der Waals surface area contributed by atoms with E-state index in [1.165, 1.54) is 11.3 Å². The predicted molar refractivity (Wildman–Crippen MR) is 62.6 cm³/mol. The van der Waals surface area contributed by atoms with Crippen LogP contribution >= 0.6 is 30.3 Å². The fourth-order valence-corrected chi connectivity index (χ4v) is 3.26. The molecule has 1 unspecified atom stereocenters. The lowest BCUT2D eigenvalue weighted by molar-refractivity contribution is 0.556. The van der Waals surface area contributed by atoms with Crippen LogP contribution in [0.2, 0.25) is 0 Å². The van der Waals surface area contributed by atoms with Gasteiger partial charge in [0.25, 0.3) is 0 Å². The van der Waals surface area contributed by atoms with Crippen molar-refractivity contribution in [1.29, 1.82) is 5.26 Å². The summed E-state index contributed by atoms with van der Waals surface area (Å²) in [6, 6.07) is 4.54. The van der Waals surface area contributed by atoms with Gasteiger partial charge in [-0.05, 0) is 24.5 Å². The molecule has 1 aromatic heterocycles. The number of hydrogen-bond acceptors (Lipinski definition) is 2. The largest absolute Gasteiger partial charge is 0.287 e. The highest BCUT2D eigenvalue weighted by Gasteiger charge is 2.21. The third kappa shape index (κ3) is 1.72. The monoisotopic (exact) mass is 304 g/mol. The van der Waals surface area contributed by atoms with Crippen LogP contribution in [0.15, 0.2) is 12.3 Å². The summed E-state index contributed by atoms with van der Waals surface area (Å²) in [6.45, 7) is 0. The average molecular weight is 304 g/mol. The quantitative estimate of drug-likeness (QED) is 0.746. The van der Waals surface area contributed by atoms with Gasteiger partial charge < -0.3 is 0 Å². The van der Waals surface area contributed by atoms with Crippen molar-refractivity contribution in [3.63, 3.8) is 0 Å². The topological polar surface area (TPSA) is 28.7 Å². The van der Waals surface area contributed by atoms with E-state index in [-0.39, 0.29) is 5.92 Å². The number of aromatic nitrogens is 1. The Morgan fingerprint density at radius 3 is 3.23 bits per heavy atom. The molecular weight excluding hydrogens is 295 g/mol. The summed E-state index contributed by atoms with van der Waals surface area (Å²) >= 11 is 2.27. The number of hydrogen-bond donors (Lipinski definition) is 0. The van der Waals surface area contributed by atoms with Crippen molar-refractivity contribution in [2.75, 3.05) is 0 Å². The van der Waals surface area contributed by atoms with E-state index >= 15 is 0 Å². The molecule has 0 spiro atoms. The van der Waals surface area contributed by atoms with Gasteiger partial charge >= 0.3 is 0 Å². The average Bonchev–Trinajstić information content (AvgIpc) is 2.59. The van der Waals surface area contributed by atoms with Crippen molar-refractivity contribution in [3.8, 4) is 6.07 Å². The van der Waals surface area contributed by atoms with Crippen LogP contribution in [0.3, 0.4) is 0 Å². The third-order valence-electron chi connectivity index (χ3n) is 2.51. The fraction of sp³-hybridized carbons (Fsp3) is 0.444. The minimum Gasteiger partial charge on any atom is -0.287 e. The molecule has 0 radical (unpaired) electrons. The van der Waals surface area contributed by atoms with E-state index in [0.29, 0.717) is 0 Å². The van der Waals surface area contributed by atoms with Crippen molar-refractivity contribution in [2.24, 2.45) is 5.92 Å². The minimum atomic E-state index is 0.227. The number of nitrogens with zero attached hydrogens (tertiary/aromatic N) is 2. The molecule has 2 nitrogen and oxygen atoms in total. The molecule has 1 aliphatic rings. The third-order valence-corrected chi connectivity index (χ3v) is 4.27. The van der Waals surface area contributed by atoms with Crippen LogP contribution in [0.4, 0.5) is 0 Å². The summed E-state index contributed by atoms with van der Waals surface area (Å²) in [6.07, 6.45) is 5.12. The van der Waals surface area contributed by atoms with Crippen LogP contribution < -0.4 is 0 Å². The molecule has 0 N–H and O–H groups in total. The zero-order valence-corrected chi connectivity index (χ0v) is 10.0. The molecule has 0 aliphatic heterocycles. The van der Waals surface area contributed by atoms with Crippen molar-refractivity contribution in [3.05, 3.63) is 23.5 Å². The first-order valence-corrected chi connectivity index (χ1v) is 7.54. The molecule has 13 heavy (non-hydrogen) atoms. The molecule has 0 saturated carbocycles. The van der Waals surface area contributed by atoms with Crippen LogP contribution in [-0.2, 0) is 12.8 Å². The van der Waals surface area contributed by atoms with E-state index in [0.717, 1.165) is 19.3 Å². The second-order valence-corrected chi connectivity index (χ2v) is 4.96. The fourth-order valence-electron chi connectivity index (χ4n) is 1.77. The van der Waals surface area contributed by atoms with Crippen LogP contribution in [0, 0.1) is 17.2 Å². The van der Waals surface area contributed by atoms with Crippen molar-refractivity contribution < 1.29 is 0 Å². The van der Waals surface area contributed by atoms with Crippen LogP contribution in [0.5, 0.6) is 0 Å². The number of nitriles is 1. The second-order valence-electron chi connectivity index (χ2n) is 3.25. The Labute approximate surface area is 94.0 Å². The van der Waals surface area contributed by atoms with Gasteiger partial charge in [0, 0.05) is 48.6 Å². The highest BCUT2D eigenvalue weighted by Crippen LogP contribution is 2.30. The minimum absolute atomic E-state index is 0.227. The Morgan fingerprint density at radius 1 is 1.69 bits per heavy atom. The van der Waals surface area contributed by atoms with E-state index in [2.05, 4.69) is 43.5 Å². The van der Waals surface area contributed by atoms with Gasteiger partial charge in [-0.15, -0.1) is 0 Å². The van der Waals surface area contributed by atoms with E-state index < -0.39 is 0 Å². The molecule has 2 rings (SSSR count). The number of aryl methyl sites for hydroxylation is 1. The Kier molecular flexibility index (Phi) is 2.84. The predicted octanol–water partition coefficient (Wildman–Crippen LogP) is 2.96. The molecule has 0 amide bonds. The lowest BCUT2D eigenvalue weighted by Crippen LogP contribution is -2.13. The zero-order chi connectivity index (χ0) is 9.26. The lowest BCUT2D eigenvalue weighted by atomic mass is 9.89. The van der Waals surface area contributed by atoms with Crippen LogP contribution in [0.1, 0.15) is 17.7 Å². The lowest BCUT2D eigenvalue weighted by Gasteiger charge is -2.17. The Balaban J connectivity index is 2.31. The van der Waals surface area contributed by atoms with Crippen LogP contribution in [0.25, 0.3) is 0 Å². The molecule has 1 aromatic rings. The zero-order valence-electron chi connectivity index (χ0n) is 7.03. The molecule has 1 atom stereocenters. The van der Waals surface area contributed by atoms with Gasteiger partial charge in [0.05, 0.1) is 12.0 Å². The first-order chi connectivity index (χ1) is 6.35. The van der Waals surface area contributed by atoms with Gasteiger partial charge in [0.1, 0.15) is 0 Å². The Bertz CT molecular complexity index is 339. The van der Waals surface area contributed by atoms with Crippen LogP contribution in [-0.4, -0.2) is 3.97 Å². The highest BCUT2D eigenvalue weighted by molar-refractivity contribution is 14.2. The molecule has 0 bridgehead atoms. The van der Waals surface area contributed by atoms with Gasteiger partial charge in [-0.2, -0.15) is 5.26 Å². The van der Waals surface area contributed by atoms with Crippen molar-refractivity contribution >= 4 is 30.3 Å². The van der Waals surface area contributed by atoms with Gasteiger partial charge in [0.2, 0.25) is 0 Å². The van der Waals surface area contributed by atoms with Gasteiger partial charge in [-0.25, -0.2) is 0 Å². The van der Waals surface area contributed by atoms with Gasteiger partial charge in [-0.3, -0.25) is 3.97 Å². The van der Waals surface area contributed by atoms with E-state index in [1.54, 1.807) is 9.12 Å². The second kappa shape index (κ2) is 3.93. The number of fused-ring (bicyclic) bond motifs is 1. The first kappa shape index (κ1) is 9.41. The molecule has 0 aromatic carbocycles. The smallest absolute Gasteiger partial charge is 0.0659 e. The molecule has 1 aliphatic carbocycles. The first-order valence-electron chi connectivity index (χ1n) is 4.23. The van der Waals surface area contributed by atoms with Gasteiger partial charge in [-0.1, -0.05) is 0 Å². The number of rotatable bonds is 1. The maximum absolute atomic E-state index is 8.85. The molecular formula is C9H9IN2S. The number of halogens is 1. The maximum atomic E-state index is 8.85. The Morgan fingerprint density at radius 2 is 2.54 bits per heavy atom. The molecule has 0 saturated heterocycles. The summed E-state index contributed by atoms with van der Waals surface area (Å²) in [5.74, 6) is 0.227.